The monoisotopic (exact) mass is 881 g/mol. The minimum absolute atomic E-state index is 0.0698. The van der Waals surface area contributed by atoms with E-state index in [-0.39, 0.29) is 36.9 Å². The number of hydrogen-bond acceptors (Lipinski definition) is 12. The van der Waals surface area contributed by atoms with E-state index < -0.39 is 29.4 Å². The maximum Gasteiger partial charge on any atom is 0.324 e. The summed E-state index contributed by atoms with van der Waals surface area (Å²) < 4.78 is 14.5. The topological polar surface area (TPSA) is 154 Å². The number of benzene rings is 1. The Balaban J connectivity index is 1.23. The highest BCUT2D eigenvalue weighted by molar-refractivity contribution is 7.10. The molecule has 0 unspecified atom stereocenters. The first kappa shape index (κ1) is 44.7. The number of amides is 3. The Morgan fingerprint density at radius 2 is 1.86 bits per heavy atom. The maximum absolute atomic E-state index is 14.4. The van der Waals surface area contributed by atoms with Gasteiger partial charge in [-0.1, -0.05) is 19.9 Å². The van der Waals surface area contributed by atoms with Crippen molar-refractivity contribution in [2.45, 2.75) is 97.9 Å². The summed E-state index contributed by atoms with van der Waals surface area (Å²) in [5.41, 5.74) is 10.6. The van der Waals surface area contributed by atoms with E-state index in [9.17, 15) is 19.2 Å². The third-order valence-corrected chi connectivity index (χ3v) is 14.2. The van der Waals surface area contributed by atoms with Crippen LogP contribution in [0.3, 0.4) is 0 Å². The number of esters is 1. The summed E-state index contributed by atoms with van der Waals surface area (Å²) in [7, 11) is 3.88. The normalized spacial score (nSPS) is 23.0. The van der Waals surface area contributed by atoms with E-state index in [4.69, 9.17) is 19.4 Å². The summed E-state index contributed by atoms with van der Waals surface area (Å²) in [4.78, 5) is 71.1. The average Bonchev–Trinajstić information content (AvgIpc) is 3.88. The number of hydrogen-bond donors (Lipinski definition) is 2. The molecule has 0 aliphatic carbocycles. The van der Waals surface area contributed by atoms with Gasteiger partial charge in [0.25, 0.3) is 5.91 Å². The number of carbonyl (C=O) groups excluding carboxylic acids is 4. The molecule has 3 aromatic heterocycles. The van der Waals surface area contributed by atoms with E-state index in [0.29, 0.717) is 63.3 Å². The fourth-order valence-corrected chi connectivity index (χ4v) is 10.5. The van der Waals surface area contributed by atoms with Gasteiger partial charge in [-0.15, -0.1) is 11.3 Å². The zero-order valence-electron chi connectivity index (χ0n) is 37.9. The zero-order valence-corrected chi connectivity index (χ0v) is 38.7. The molecule has 4 aliphatic rings. The van der Waals surface area contributed by atoms with Crippen molar-refractivity contribution in [1.82, 2.24) is 40.1 Å². The van der Waals surface area contributed by atoms with Crippen molar-refractivity contribution in [2.24, 2.45) is 11.3 Å². The van der Waals surface area contributed by atoms with Gasteiger partial charge >= 0.3 is 5.97 Å². The van der Waals surface area contributed by atoms with Crippen LogP contribution >= 0.6 is 11.3 Å². The number of cyclic esters (lactones) is 1. The van der Waals surface area contributed by atoms with Crippen molar-refractivity contribution < 1.29 is 28.7 Å². The van der Waals surface area contributed by atoms with Crippen LogP contribution < -0.4 is 15.6 Å². The van der Waals surface area contributed by atoms with Crippen LogP contribution in [0.1, 0.15) is 82.7 Å². The Morgan fingerprint density at radius 1 is 1.08 bits per heavy atom. The third-order valence-electron chi connectivity index (χ3n) is 13.3. The van der Waals surface area contributed by atoms with Crippen molar-refractivity contribution in [3.63, 3.8) is 0 Å². The van der Waals surface area contributed by atoms with Crippen LogP contribution in [0.5, 0.6) is 0 Å². The summed E-state index contributed by atoms with van der Waals surface area (Å²) in [6, 6.07) is 7.11. The fourth-order valence-electron chi connectivity index (χ4n) is 9.60. The van der Waals surface area contributed by atoms with Crippen LogP contribution in [0.25, 0.3) is 33.4 Å². The molecule has 7 heterocycles. The number of anilines is 1. The van der Waals surface area contributed by atoms with Gasteiger partial charge in [0.1, 0.15) is 12.1 Å². The van der Waals surface area contributed by atoms with E-state index in [0.717, 1.165) is 76.5 Å². The molecule has 0 radical (unpaired) electrons. The van der Waals surface area contributed by atoms with Gasteiger partial charge in [-0.05, 0) is 76.8 Å². The molecule has 3 amide bonds. The number of carbonyl (C=O) groups is 4. The van der Waals surface area contributed by atoms with Crippen molar-refractivity contribution in [3.05, 3.63) is 52.1 Å². The molecule has 8 rings (SSSR count). The number of pyridine rings is 1. The lowest BCUT2D eigenvalue weighted by Gasteiger charge is -2.36. The SMILES string of the molecule is CCn1c(-c2cc(N3CCN(C)CC3)cnc2[C@H](C)OC)c2c3cc(ccc31)-c1csc(n1)C[C@H](NC(=O)[C@H]1CCCN(C(C)=O)C1)C(=O)N1CCC[C@H](N1)C(=O)OCC(C)(C)C2. The minimum atomic E-state index is -0.946. The summed E-state index contributed by atoms with van der Waals surface area (Å²) in [5.74, 6) is -1.53. The number of aryl methyl sites for hydroxylation is 1. The first-order valence-corrected chi connectivity index (χ1v) is 23.5. The number of methoxy groups -OCH3 is 1. The molecule has 338 valence electrons. The van der Waals surface area contributed by atoms with Crippen molar-refractivity contribution in [2.75, 3.05) is 71.5 Å². The number of piperidine rings is 1. The highest BCUT2D eigenvalue weighted by atomic mass is 32.1. The number of likely N-dealkylation sites (tertiary alicyclic amines) is 1. The molecule has 3 fully saturated rings. The van der Waals surface area contributed by atoms with Crippen LogP contribution in [-0.2, 0) is 48.0 Å². The van der Waals surface area contributed by atoms with Gasteiger partial charge in [-0.2, -0.15) is 0 Å². The average molecular weight is 882 g/mol. The molecule has 6 bridgehead atoms. The van der Waals surface area contributed by atoms with Crippen LogP contribution in [0.4, 0.5) is 5.69 Å². The molecular weight excluding hydrogens is 819 g/mol. The predicted octanol–water partition coefficient (Wildman–Crippen LogP) is 5.21. The molecule has 4 aliphatic heterocycles. The van der Waals surface area contributed by atoms with E-state index in [1.807, 2.05) is 18.5 Å². The second-order valence-electron chi connectivity index (χ2n) is 18.6. The summed E-state index contributed by atoms with van der Waals surface area (Å²) in [6.45, 7) is 15.9. The molecule has 4 atom stereocenters. The molecule has 0 saturated carbocycles. The molecule has 0 spiro atoms. The summed E-state index contributed by atoms with van der Waals surface area (Å²) in [5, 5.41) is 8.32. The van der Waals surface area contributed by atoms with Gasteiger partial charge in [0.15, 0.2) is 0 Å². The molecule has 3 saturated heterocycles. The largest absolute Gasteiger partial charge is 0.464 e. The molecule has 16 heteroatoms. The summed E-state index contributed by atoms with van der Waals surface area (Å²) in [6.07, 6.45) is 4.91. The number of piperazine rings is 1. The Morgan fingerprint density at radius 3 is 2.60 bits per heavy atom. The van der Waals surface area contributed by atoms with E-state index in [1.165, 1.54) is 23.3 Å². The zero-order chi connectivity index (χ0) is 44.6. The third kappa shape index (κ3) is 9.50. The molecule has 1 aromatic carbocycles. The van der Waals surface area contributed by atoms with Gasteiger partial charge in [0, 0.05) is 106 Å². The lowest BCUT2D eigenvalue weighted by Crippen LogP contribution is -2.61. The van der Waals surface area contributed by atoms with Gasteiger partial charge in [-0.3, -0.25) is 29.2 Å². The van der Waals surface area contributed by atoms with Gasteiger partial charge in [-0.25, -0.2) is 10.4 Å². The molecule has 2 N–H and O–H groups in total. The van der Waals surface area contributed by atoms with Crippen molar-refractivity contribution >= 4 is 51.6 Å². The number of ether oxygens (including phenoxy) is 2. The Kier molecular flexibility index (Phi) is 13.2. The van der Waals surface area contributed by atoms with E-state index in [2.05, 4.69) is 77.2 Å². The van der Waals surface area contributed by atoms with Crippen LogP contribution in [0, 0.1) is 11.3 Å². The van der Waals surface area contributed by atoms with Crippen LogP contribution in [-0.4, -0.2) is 132 Å². The van der Waals surface area contributed by atoms with E-state index >= 15 is 0 Å². The second-order valence-corrected chi connectivity index (χ2v) is 19.5. The Bertz CT molecular complexity index is 2350. The lowest BCUT2D eigenvalue weighted by atomic mass is 9.84. The van der Waals surface area contributed by atoms with Crippen LogP contribution in [0.2, 0.25) is 0 Å². The lowest BCUT2D eigenvalue weighted by molar-refractivity contribution is -0.155. The molecule has 15 nitrogen and oxygen atoms in total. The Labute approximate surface area is 374 Å². The highest BCUT2D eigenvalue weighted by Crippen LogP contribution is 2.43. The van der Waals surface area contributed by atoms with Crippen molar-refractivity contribution in [3.8, 4) is 22.5 Å². The molecule has 4 aromatic rings. The van der Waals surface area contributed by atoms with Gasteiger partial charge < -0.3 is 34.1 Å². The summed E-state index contributed by atoms with van der Waals surface area (Å²) >= 11 is 1.46. The number of aromatic nitrogens is 3. The number of nitrogens with zero attached hydrogens (tertiary/aromatic N) is 7. The number of nitrogens with one attached hydrogen (secondary N) is 2. The van der Waals surface area contributed by atoms with Gasteiger partial charge in [0.2, 0.25) is 11.8 Å². The molecule has 63 heavy (non-hydrogen) atoms. The van der Waals surface area contributed by atoms with Crippen LogP contribution in [0.15, 0.2) is 35.8 Å². The first-order chi connectivity index (χ1) is 30.2. The quantitative estimate of drug-likeness (QED) is 0.235. The number of hydrazine groups is 1. The fraction of sp³-hybridized carbons (Fsp3) is 0.574. The van der Waals surface area contributed by atoms with Crippen molar-refractivity contribution in [1.29, 1.82) is 0 Å². The standard InChI is InChI=1S/C47H63N9O6S/c1-8-55-40-14-13-31-21-34(40)36(43(55)35-22-33(25-48-42(35)29(2)61-7)53-19-17-52(6)18-20-53)24-47(4,5)28-62-46(60)37-12-10-16-56(51-37)45(59)38(23-41-49-39(31)27-63-41)50-44(58)32-11-9-15-54(26-32)30(3)57/h13-14,21-22,25,27,29,32,37-38,51H,8-12,15-20,23-24,26,28H2,1-7H3,(H,50,58)/t29-,32-,37-,38-/m0/s1. The number of thiazole rings is 1. The number of rotatable bonds is 7. The minimum Gasteiger partial charge on any atom is -0.464 e. The maximum atomic E-state index is 14.4. The number of fused-ring (bicyclic) bond motifs is 6. The van der Waals surface area contributed by atoms with Gasteiger partial charge in [0.05, 0.1) is 52.6 Å². The highest BCUT2D eigenvalue weighted by Gasteiger charge is 2.37. The smallest absolute Gasteiger partial charge is 0.324 e. The van der Waals surface area contributed by atoms with E-state index in [1.54, 1.807) is 12.0 Å². The second kappa shape index (κ2) is 18.7. The first-order valence-electron chi connectivity index (χ1n) is 22.6. The number of likely N-dealkylation sites (N-methyl/N-ethyl adjacent to an activating group) is 1. The Hall–Kier alpha value is -4.90. The predicted molar refractivity (Wildman–Crippen MR) is 244 cm³/mol. The molecular formula is C47H63N9O6S.